The smallest absolute Gasteiger partial charge is 0.249 e. The van der Waals surface area contributed by atoms with Crippen molar-refractivity contribution >= 4 is 35.0 Å². The fraction of sp³-hybridized carbons (Fsp3) is 0.400. The number of nitrogens with zero attached hydrogens (tertiary/aromatic N) is 2. The fourth-order valence-electron chi connectivity index (χ4n) is 4.66. The monoisotopic (exact) mass is 590 g/mol. The second-order valence-corrected chi connectivity index (χ2v) is 10.5. The predicted molar refractivity (Wildman–Crippen MR) is 156 cm³/mol. The van der Waals surface area contributed by atoms with Gasteiger partial charge < -0.3 is 35.2 Å². The van der Waals surface area contributed by atoms with Crippen molar-refractivity contribution in [2.75, 3.05) is 23.8 Å². The van der Waals surface area contributed by atoms with Gasteiger partial charge in [0.25, 0.3) is 0 Å². The summed E-state index contributed by atoms with van der Waals surface area (Å²) in [5, 5.41) is 19.2. The van der Waals surface area contributed by atoms with Gasteiger partial charge in [0, 0.05) is 35.7 Å². The molecule has 0 bridgehead atoms. The molecule has 13 heteroatoms. The van der Waals surface area contributed by atoms with E-state index in [2.05, 4.69) is 31.5 Å². The van der Waals surface area contributed by atoms with Gasteiger partial charge in [-0.2, -0.15) is 0 Å². The molecule has 0 aliphatic carbocycles. The molecule has 0 unspecified atom stereocenters. The molecule has 2 fully saturated rings. The van der Waals surface area contributed by atoms with Gasteiger partial charge >= 0.3 is 0 Å². The number of hydrogen-bond acceptors (Lipinski definition) is 9. The molecule has 0 saturated carbocycles. The Morgan fingerprint density at radius 3 is 1.42 bits per heavy atom. The minimum atomic E-state index is -0.726. The zero-order valence-electron chi connectivity index (χ0n) is 23.9. The second-order valence-electron chi connectivity index (χ2n) is 10.5. The van der Waals surface area contributed by atoms with Gasteiger partial charge in [0.15, 0.2) is 0 Å². The number of amides is 4. The van der Waals surface area contributed by atoms with Crippen molar-refractivity contribution in [2.45, 2.75) is 63.8 Å². The van der Waals surface area contributed by atoms with Crippen LogP contribution in [0.4, 0.5) is 11.4 Å². The highest BCUT2D eigenvalue weighted by Gasteiger charge is 2.27. The summed E-state index contributed by atoms with van der Waals surface area (Å²) in [6.45, 7) is 4.34. The summed E-state index contributed by atoms with van der Waals surface area (Å²) in [7, 11) is 0. The molecular weight excluding hydrogens is 556 g/mol. The van der Waals surface area contributed by atoms with Crippen molar-refractivity contribution < 1.29 is 33.1 Å². The van der Waals surface area contributed by atoms with Crippen molar-refractivity contribution in [2.24, 2.45) is 0 Å². The molecule has 2 aliphatic rings. The van der Waals surface area contributed by atoms with Gasteiger partial charge in [-0.15, -0.1) is 10.2 Å². The molecule has 13 nitrogen and oxygen atoms in total. The lowest BCUT2D eigenvalue weighted by Crippen LogP contribution is -2.45. The summed E-state index contributed by atoms with van der Waals surface area (Å²) in [6, 6.07) is 12.3. The maximum absolute atomic E-state index is 12.5. The SMILES string of the molecule is C[C@H](NC(=O)[C@H]1CCCO1)C(=O)Nc1ccc(-c2nnc(-c3ccc(NC(=O)[C@H](C)NC(=O)[C@H]4CCCO4)cc3)o2)cc1. The summed E-state index contributed by atoms with van der Waals surface area (Å²) < 4.78 is 16.6. The third-order valence-corrected chi connectivity index (χ3v) is 7.17. The summed E-state index contributed by atoms with van der Waals surface area (Å²) in [5.41, 5.74) is 2.40. The van der Waals surface area contributed by atoms with E-state index in [0.717, 1.165) is 12.8 Å². The first kappa shape index (κ1) is 29.9. The Bertz CT molecular complexity index is 1340. The highest BCUT2D eigenvalue weighted by atomic mass is 16.5. The summed E-state index contributed by atoms with van der Waals surface area (Å²) in [5.74, 6) is -0.690. The van der Waals surface area contributed by atoms with Gasteiger partial charge in [0.1, 0.15) is 24.3 Å². The molecular formula is C30H34N6O7. The molecule has 2 saturated heterocycles. The first-order chi connectivity index (χ1) is 20.8. The minimum Gasteiger partial charge on any atom is -0.416 e. The van der Waals surface area contributed by atoms with Crippen molar-refractivity contribution in [3.8, 4) is 22.9 Å². The Balaban J connectivity index is 1.12. The number of aromatic nitrogens is 2. The minimum absolute atomic E-state index is 0.285. The molecule has 2 aromatic carbocycles. The van der Waals surface area contributed by atoms with Crippen molar-refractivity contribution in [3.63, 3.8) is 0 Å². The van der Waals surface area contributed by atoms with Crippen LogP contribution in [0.3, 0.4) is 0 Å². The second kappa shape index (κ2) is 13.6. The van der Waals surface area contributed by atoms with E-state index in [9.17, 15) is 19.2 Å². The van der Waals surface area contributed by atoms with Crippen LogP contribution in [0, 0.1) is 0 Å². The van der Waals surface area contributed by atoms with E-state index < -0.39 is 24.3 Å². The number of benzene rings is 2. The molecule has 2 aliphatic heterocycles. The third kappa shape index (κ3) is 7.62. The first-order valence-electron chi connectivity index (χ1n) is 14.3. The molecule has 3 aromatic rings. The van der Waals surface area contributed by atoms with E-state index in [1.165, 1.54) is 0 Å². The maximum Gasteiger partial charge on any atom is 0.249 e. The number of hydrogen-bond donors (Lipinski definition) is 4. The molecule has 226 valence electrons. The topological polar surface area (TPSA) is 174 Å². The quantitative estimate of drug-likeness (QED) is 0.277. The molecule has 3 heterocycles. The van der Waals surface area contributed by atoms with Crippen LogP contribution in [0.1, 0.15) is 39.5 Å². The first-order valence-corrected chi connectivity index (χ1v) is 14.3. The number of carbonyl (C=O) groups is 4. The number of carbonyl (C=O) groups excluding carboxylic acids is 4. The van der Waals surface area contributed by atoms with Crippen LogP contribution in [0.2, 0.25) is 0 Å². The van der Waals surface area contributed by atoms with Crippen LogP contribution in [0.25, 0.3) is 22.9 Å². The van der Waals surface area contributed by atoms with Crippen LogP contribution in [0.5, 0.6) is 0 Å². The number of rotatable bonds is 10. The Morgan fingerprint density at radius 1 is 0.674 bits per heavy atom. The Hall–Kier alpha value is -4.62. The van der Waals surface area contributed by atoms with Crippen LogP contribution in [0.15, 0.2) is 52.9 Å². The zero-order valence-corrected chi connectivity index (χ0v) is 23.9. The van der Waals surface area contributed by atoms with Gasteiger partial charge in [0.05, 0.1) is 0 Å². The van der Waals surface area contributed by atoms with Crippen molar-refractivity contribution in [1.29, 1.82) is 0 Å². The number of nitrogens with one attached hydrogen (secondary N) is 4. The molecule has 4 N–H and O–H groups in total. The van der Waals surface area contributed by atoms with Crippen LogP contribution in [-0.2, 0) is 28.7 Å². The van der Waals surface area contributed by atoms with Crippen molar-refractivity contribution in [3.05, 3.63) is 48.5 Å². The average Bonchev–Trinajstić information content (AvgIpc) is 3.81. The molecule has 4 atom stereocenters. The van der Waals surface area contributed by atoms with E-state index in [1.807, 2.05) is 0 Å². The van der Waals surface area contributed by atoms with Gasteiger partial charge in [-0.3, -0.25) is 19.2 Å². The Labute approximate surface area is 248 Å². The van der Waals surface area contributed by atoms with E-state index in [1.54, 1.807) is 62.4 Å². The average molecular weight is 591 g/mol. The van der Waals surface area contributed by atoms with Gasteiger partial charge in [-0.25, -0.2) is 0 Å². The van der Waals surface area contributed by atoms with E-state index >= 15 is 0 Å². The van der Waals surface area contributed by atoms with E-state index in [4.69, 9.17) is 13.9 Å². The van der Waals surface area contributed by atoms with Gasteiger partial charge in [0.2, 0.25) is 35.4 Å². The molecule has 0 radical (unpaired) electrons. The standard InChI is InChI=1S/C30H34N6O7/c1-17(31-27(39)23-5-3-15-41-23)25(37)33-21-11-7-19(8-12-21)29-35-36-30(43-29)20-9-13-22(14-10-20)34-26(38)18(2)32-28(40)24-6-4-16-42-24/h7-14,17-18,23-24H,3-6,15-16H2,1-2H3,(H,31,39)(H,32,40)(H,33,37)(H,34,38)/t17-,18-,23+,24+/m0/s1. The van der Waals surface area contributed by atoms with Gasteiger partial charge in [-0.05, 0) is 88.1 Å². The lowest BCUT2D eigenvalue weighted by molar-refractivity contribution is -0.133. The van der Waals surface area contributed by atoms with Crippen LogP contribution >= 0.6 is 0 Å². The molecule has 43 heavy (non-hydrogen) atoms. The Morgan fingerprint density at radius 2 is 1.07 bits per heavy atom. The Kier molecular flexibility index (Phi) is 9.42. The van der Waals surface area contributed by atoms with E-state index in [0.29, 0.717) is 60.3 Å². The van der Waals surface area contributed by atoms with E-state index in [-0.39, 0.29) is 23.6 Å². The highest BCUT2D eigenvalue weighted by Crippen LogP contribution is 2.26. The highest BCUT2D eigenvalue weighted by molar-refractivity contribution is 5.98. The van der Waals surface area contributed by atoms with Crippen LogP contribution in [-0.4, -0.2) is 71.3 Å². The molecule has 4 amide bonds. The lowest BCUT2D eigenvalue weighted by atomic mass is 10.2. The number of ether oxygens (including phenoxy) is 2. The summed E-state index contributed by atoms with van der Waals surface area (Å²) >= 11 is 0. The zero-order chi connectivity index (χ0) is 30.3. The largest absolute Gasteiger partial charge is 0.416 e. The number of anilines is 2. The summed E-state index contributed by atoms with van der Waals surface area (Å²) in [4.78, 5) is 49.5. The maximum atomic E-state index is 12.5. The fourth-order valence-corrected chi connectivity index (χ4v) is 4.66. The predicted octanol–water partition coefficient (Wildman–Crippen LogP) is 2.65. The van der Waals surface area contributed by atoms with Crippen molar-refractivity contribution in [1.82, 2.24) is 20.8 Å². The third-order valence-electron chi connectivity index (χ3n) is 7.17. The molecule has 5 rings (SSSR count). The summed E-state index contributed by atoms with van der Waals surface area (Å²) in [6.07, 6.45) is 1.97. The van der Waals surface area contributed by atoms with Crippen LogP contribution < -0.4 is 21.3 Å². The lowest BCUT2D eigenvalue weighted by Gasteiger charge is -2.16. The molecule has 0 spiro atoms. The normalized spacial score (nSPS) is 19.3. The van der Waals surface area contributed by atoms with Gasteiger partial charge in [-0.1, -0.05) is 0 Å². The molecule has 1 aromatic heterocycles.